The molecule has 1 saturated heterocycles. The molecule has 1 heterocycles. The third-order valence-corrected chi connectivity index (χ3v) is 5.49. The van der Waals surface area contributed by atoms with Gasteiger partial charge in [-0.05, 0) is 61.9 Å². The molecule has 1 unspecified atom stereocenters. The summed E-state index contributed by atoms with van der Waals surface area (Å²) in [6.07, 6.45) is 3.18. The van der Waals surface area contributed by atoms with Crippen molar-refractivity contribution >= 4 is 23.2 Å². The molecule has 0 spiro atoms. The Hall–Kier alpha value is -2.86. The van der Waals surface area contributed by atoms with E-state index >= 15 is 0 Å². The van der Waals surface area contributed by atoms with E-state index in [9.17, 15) is 9.59 Å². The highest BCUT2D eigenvalue weighted by Crippen LogP contribution is 2.23. The zero-order chi connectivity index (χ0) is 21.3. The molecule has 0 aromatic heterocycles. The molecule has 1 aliphatic heterocycles. The van der Waals surface area contributed by atoms with Gasteiger partial charge in [0.1, 0.15) is 12.6 Å². The minimum absolute atomic E-state index is 0.0214. The van der Waals surface area contributed by atoms with Crippen LogP contribution >= 0.6 is 0 Å². The van der Waals surface area contributed by atoms with Gasteiger partial charge in [0.25, 0.3) is 0 Å². The van der Waals surface area contributed by atoms with Gasteiger partial charge in [-0.25, -0.2) is 0 Å². The highest BCUT2D eigenvalue weighted by molar-refractivity contribution is 5.92. The predicted octanol–water partition coefficient (Wildman–Crippen LogP) is 3.55. The molecule has 1 fully saturated rings. The fourth-order valence-electron chi connectivity index (χ4n) is 3.87. The van der Waals surface area contributed by atoms with E-state index < -0.39 is 0 Å². The number of methoxy groups -OCH3 is 1. The average molecular weight is 410 g/mol. The Balaban J connectivity index is 1.45. The van der Waals surface area contributed by atoms with Crippen LogP contribution in [0.4, 0.5) is 11.4 Å². The lowest BCUT2D eigenvalue weighted by Crippen LogP contribution is -2.45. The lowest BCUT2D eigenvalue weighted by atomic mass is 9.90. The number of anilines is 2. The number of hydrogen-bond acceptors (Lipinski definition) is 4. The number of rotatable bonds is 8. The van der Waals surface area contributed by atoms with Crippen LogP contribution < -0.4 is 10.6 Å². The van der Waals surface area contributed by atoms with Gasteiger partial charge in [0.05, 0.1) is 0 Å². The third kappa shape index (κ3) is 6.32. The van der Waals surface area contributed by atoms with Crippen molar-refractivity contribution < 1.29 is 14.3 Å². The van der Waals surface area contributed by atoms with Gasteiger partial charge in [0.15, 0.2) is 0 Å². The van der Waals surface area contributed by atoms with Crippen LogP contribution in [0.3, 0.4) is 0 Å². The third-order valence-electron chi connectivity index (χ3n) is 5.49. The quantitative estimate of drug-likeness (QED) is 0.700. The molecule has 2 N–H and O–H groups in total. The van der Waals surface area contributed by atoms with E-state index in [1.807, 2.05) is 42.2 Å². The number of likely N-dealkylation sites (tertiary alicyclic amines) is 1. The van der Waals surface area contributed by atoms with Gasteiger partial charge < -0.3 is 20.3 Å². The van der Waals surface area contributed by atoms with Crippen LogP contribution in [0.1, 0.15) is 25.3 Å². The van der Waals surface area contributed by atoms with Crippen molar-refractivity contribution in [2.75, 3.05) is 37.4 Å². The van der Waals surface area contributed by atoms with Crippen molar-refractivity contribution in [3.63, 3.8) is 0 Å². The standard InChI is InChI=1S/C24H31N3O3/c1-18(25-21-8-10-22(11-9-21)26-23(28)17-30-2)24(29)27-14-12-20(13-15-27)16-19-6-4-3-5-7-19/h3-11,18,20,25H,12-17H2,1-2H3,(H,26,28). The van der Waals surface area contributed by atoms with Crippen LogP contribution in [0.25, 0.3) is 0 Å². The van der Waals surface area contributed by atoms with Gasteiger partial charge in [-0.2, -0.15) is 0 Å². The Bertz CT molecular complexity index is 815. The molecule has 0 bridgehead atoms. The first kappa shape index (κ1) is 21.8. The summed E-state index contributed by atoms with van der Waals surface area (Å²) in [6, 6.07) is 17.6. The molecule has 2 aromatic carbocycles. The van der Waals surface area contributed by atoms with Crippen LogP contribution in [0.5, 0.6) is 0 Å². The van der Waals surface area contributed by atoms with E-state index in [0.717, 1.165) is 38.0 Å². The molecular weight excluding hydrogens is 378 g/mol. The highest BCUT2D eigenvalue weighted by atomic mass is 16.5. The minimum Gasteiger partial charge on any atom is -0.375 e. The van der Waals surface area contributed by atoms with Gasteiger partial charge in [-0.3, -0.25) is 9.59 Å². The molecule has 2 amide bonds. The van der Waals surface area contributed by atoms with Gasteiger partial charge in [-0.1, -0.05) is 30.3 Å². The molecule has 6 nitrogen and oxygen atoms in total. The fraction of sp³-hybridized carbons (Fsp3) is 0.417. The van der Waals surface area contributed by atoms with Crippen LogP contribution in [0, 0.1) is 5.92 Å². The topological polar surface area (TPSA) is 70.7 Å². The van der Waals surface area contributed by atoms with Crippen molar-refractivity contribution in [1.29, 1.82) is 0 Å². The summed E-state index contributed by atoms with van der Waals surface area (Å²) in [5, 5.41) is 6.02. The van der Waals surface area contributed by atoms with Crippen LogP contribution in [-0.4, -0.2) is 49.6 Å². The van der Waals surface area contributed by atoms with E-state index in [1.54, 1.807) is 0 Å². The Labute approximate surface area is 178 Å². The number of carbonyl (C=O) groups excluding carboxylic acids is 2. The Kier molecular flexibility index (Phi) is 7.85. The monoisotopic (exact) mass is 409 g/mol. The Morgan fingerprint density at radius 2 is 1.67 bits per heavy atom. The van der Waals surface area contributed by atoms with Crippen molar-refractivity contribution in [1.82, 2.24) is 4.90 Å². The van der Waals surface area contributed by atoms with Gasteiger partial charge in [0, 0.05) is 31.6 Å². The maximum Gasteiger partial charge on any atom is 0.250 e. The summed E-state index contributed by atoms with van der Waals surface area (Å²) >= 11 is 0. The van der Waals surface area contributed by atoms with Gasteiger partial charge in [-0.15, -0.1) is 0 Å². The number of hydrogen-bond donors (Lipinski definition) is 2. The van der Waals surface area contributed by atoms with Gasteiger partial charge in [0.2, 0.25) is 11.8 Å². The molecule has 0 saturated carbocycles. The number of nitrogens with one attached hydrogen (secondary N) is 2. The molecule has 3 rings (SSSR count). The second-order valence-corrected chi connectivity index (χ2v) is 7.88. The van der Waals surface area contributed by atoms with E-state index in [-0.39, 0.29) is 24.5 Å². The van der Waals surface area contributed by atoms with E-state index in [2.05, 4.69) is 34.9 Å². The normalized spacial score (nSPS) is 15.5. The number of nitrogens with zero attached hydrogens (tertiary/aromatic N) is 1. The summed E-state index contributed by atoms with van der Waals surface area (Å²) in [5.41, 5.74) is 2.92. The molecule has 1 aliphatic rings. The SMILES string of the molecule is COCC(=O)Nc1ccc(NC(C)C(=O)N2CCC(Cc3ccccc3)CC2)cc1. The second-order valence-electron chi connectivity index (χ2n) is 7.88. The molecule has 6 heteroatoms. The van der Waals surface area contributed by atoms with Crippen LogP contribution in [0.15, 0.2) is 54.6 Å². The first-order valence-corrected chi connectivity index (χ1v) is 10.5. The van der Waals surface area contributed by atoms with Crippen molar-refractivity contribution in [2.45, 2.75) is 32.2 Å². The minimum atomic E-state index is -0.301. The molecular formula is C24H31N3O3. The predicted molar refractivity (Wildman–Crippen MR) is 119 cm³/mol. The van der Waals surface area contributed by atoms with Gasteiger partial charge >= 0.3 is 0 Å². The largest absolute Gasteiger partial charge is 0.375 e. The maximum atomic E-state index is 12.8. The van der Waals surface area contributed by atoms with E-state index in [4.69, 9.17) is 4.74 Å². The molecule has 1 atom stereocenters. The summed E-state index contributed by atoms with van der Waals surface area (Å²) in [6.45, 7) is 3.54. The number of amides is 2. The number of benzene rings is 2. The first-order valence-electron chi connectivity index (χ1n) is 10.5. The summed E-state index contributed by atoms with van der Waals surface area (Å²) < 4.78 is 4.81. The van der Waals surface area contributed by atoms with Crippen molar-refractivity contribution in [3.05, 3.63) is 60.2 Å². The maximum absolute atomic E-state index is 12.8. The highest BCUT2D eigenvalue weighted by Gasteiger charge is 2.26. The van der Waals surface area contributed by atoms with Crippen LogP contribution in [0.2, 0.25) is 0 Å². The lowest BCUT2D eigenvalue weighted by molar-refractivity contribution is -0.133. The zero-order valence-electron chi connectivity index (χ0n) is 17.8. The van der Waals surface area contributed by atoms with Crippen LogP contribution in [-0.2, 0) is 20.7 Å². The van der Waals surface area contributed by atoms with E-state index in [0.29, 0.717) is 11.6 Å². The van der Waals surface area contributed by atoms with Crippen molar-refractivity contribution in [3.8, 4) is 0 Å². The smallest absolute Gasteiger partial charge is 0.250 e. The first-order chi connectivity index (χ1) is 14.5. The van der Waals surface area contributed by atoms with Crippen molar-refractivity contribution in [2.24, 2.45) is 5.92 Å². The molecule has 2 aromatic rings. The molecule has 0 radical (unpaired) electrons. The fourth-order valence-corrected chi connectivity index (χ4v) is 3.87. The number of carbonyl (C=O) groups is 2. The second kappa shape index (κ2) is 10.8. The Morgan fingerprint density at radius 1 is 1.03 bits per heavy atom. The molecule has 0 aliphatic carbocycles. The summed E-state index contributed by atoms with van der Waals surface area (Å²) in [5.74, 6) is 0.573. The summed E-state index contributed by atoms with van der Waals surface area (Å²) in [7, 11) is 1.48. The number of piperidine rings is 1. The molecule has 30 heavy (non-hydrogen) atoms. The summed E-state index contributed by atoms with van der Waals surface area (Å²) in [4.78, 5) is 26.4. The average Bonchev–Trinajstić information content (AvgIpc) is 2.76. The number of ether oxygens (including phenoxy) is 1. The lowest BCUT2D eigenvalue weighted by Gasteiger charge is -2.34. The zero-order valence-corrected chi connectivity index (χ0v) is 17.8. The van der Waals surface area contributed by atoms with E-state index in [1.165, 1.54) is 12.7 Å². The molecule has 160 valence electrons. The Morgan fingerprint density at radius 3 is 2.30 bits per heavy atom.